The molecule has 0 heterocycles. The van der Waals surface area contributed by atoms with Gasteiger partial charge < -0.3 is 5.32 Å². The molecule has 2 aromatic rings. The van der Waals surface area contributed by atoms with E-state index in [-0.39, 0.29) is 11.9 Å². The van der Waals surface area contributed by atoms with Gasteiger partial charge in [0, 0.05) is 6.04 Å². The first-order valence-corrected chi connectivity index (χ1v) is 7.42. The standard InChI is InChI=1S/C19H24FN/c1-12-8-14(3)17(15(4)9-12)11-19(21-5)18-10-16(20)7-6-13(18)2/h6-10,19,21H,11H2,1-5H3. The van der Waals surface area contributed by atoms with Crippen molar-refractivity contribution < 1.29 is 4.39 Å². The highest BCUT2D eigenvalue weighted by atomic mass is 19.1. The number of aryl methyl sites for hydroxylation is 4. The lowest BCUT2D eigenvalue weighted by molar-refractivity contribution is 0.572. The van der Waals surface area contributed by atoms with Gasteiger partial charge in [0.05, 0.1) is 0 Å². The molecule has 1 nitrogen and oxygen atoms in total. The fraction of sp³-hybridized carbons (Fsp3) is 0.368. The lowest BCUT2D eigenvalue weighted by Gasteiger charge is -2.22. The van der Waals surface area contributed by atoms with E-state index in [0.29, 0.717) is 0 Å². The fourth-order valence-corrected chi connectivity index (χ4v) is 3.09. The maximum Gasteiger partial charge on any atom is 0.123 e. The van der Waals surface area contributed by atoms with E-state index in [9.17, 15) is 4.39 Å². The first-order chi connectivity index (χ1) is 9.92. The molecule has 0 bridgehead atoms. The van der Waals surface area contributed by atoms with Crippen molar-refractivity contribution in [2.75, 3.05) is 7.05 Å². The summed E-state index contributed by atoms with van der Waals surface area (Å²) in [4.78, 5) is 0. The van der Waals surface area contributed by atoms with E-state index in [1.54, 1.807) is 6.07 Å². The van der Waals surface area contributed by atoms with Gasteiger partial charge in [0.25, 0.3) is 0 Å². The summed E-state index contributed by atoms with van der Waals surface area (Å²) in [5.74, 6) is -0.173. The van der Waals surface area contributed by atoms with Crippen LogP contribution in [-0.2, 0) is 6.42 Å². The van der Waals surface area contributed by atoms with E-state index in [1.165, 1.54) is 28.3 Å². The van der Waals surface area contributed by atoms with Crippen LogP contribution >= 0.6 is 0 Å². The van der Waals surface area contributed by atoms with Crippen LogP contribution < -0.4 is 5.32 Å². The highest BCUT2D eigenvalue weighted by molar-refractivity contribution is 5.40. The SMILES string of the molecule is CNC(Cc1c(C)cc(C)cc1C)c1cc(F)ccc1C. The second-order valence-electron chi connectivity index (χ2n) is 5.92. The van der Waals surface area contributed by atoms with Crippen LogP contribution in [0.4, 0.5) is 4.39 Å². The van der Waals surface area contributed by atoms with Crippen molar-refractivity contribution >= 4 is 0 Å². The van der Waals surface area contributed by atoms with Crippen LogP contribution in [0.2, 0.25) is 0 Å². The summed E-state index contributed by atoms with van der Waals surface area (Å²) < 4.78 is 13.6. The van der Waals surface area contributed by atoms with E-state index in [2.05, 4.69) is 38.2 Å². The van der Waals surface area contributed by atoms with Crippen molar-refractivity contribution in [1.82, 2.24) is 5.32 Å². The number of hydrogen-bond acceptors (Lipinski definition) is 1. The number of hydrogen-bond donors (Lipinski definition) is 1. The minimum absolute atomic E-state index is 0.126. The molecule has 21 heavy (non-hydrogen) atoms. The van der Waals surface area contributed by atoms with Gasteiger partial charge in [0.2, 0.25) is 0 Å². The Labute approximate surface area is 127 Å². The molecule has 0 aliphatic carbocycles. The Bertz CT molecular complexity index is 623. The average Bonchev–Trinajstić information content (AvgIpc) is 2.41. The molecule has 2 heteroatoms. The maximum atomic E-state index is 13.6. The van der Waals surface area contributed by atoms with Crippen LogP contribution in [0.3, 0.4) is 0 Å². The van der Waals surface area contributed by atoms with Crippen LogP contribution in [0.5, 0.6) is 0 Å². The number of likely N-dealkylation sites (N-methyl/N-ethyl adjacent to an activating group) is 1. The molecule has 0 aromatic heterocycles. The summed E-state index contributed by atoms with van der Waals surface area (Å²) in [5.41, 5.74) is 7.42. The molecule has 0 radical (unpaired) electrons. The molecule has 2 aromatic carbocycles. The predicted molar refractivity (Wildman–Crippen MR) is 87.3 cm³/mol. The largest absolute Gasteiger partial charge is 0.313 e. The van der Waals surface area contributed by atoms with Crippen molar-refractivity contribution in [3.05, 3.63) is 69.5 Å². The van der Waals surface area contributed by atoms with E-state index in [0.717, 1.165) is 17.5 Å². The van der Waals surface area contributed by atoms with Crippen molar-refractivity contribution in [2.45, 2.75) is 40.2 Å². The Hall–Kier alpha value is -1.67. The fourth-order valence-electron chi connectivity index (χ4n) is 3.09. The molecule has 0 spiro atoms. The molecule has 0 amide bonds. The van der Waals surface area contributed by atoms with Gasteiger partial charge in [-0.15, -0.1) is 0 Å². The third-order valence-electron chi connectivity index (χ3n) is 4.21. The minimum atomic E-state index is -0.173. The summed E-state index contributed by atoms with van der Waals surface area (Å²) in [6.45, 7) is 8.46. The average molecular weight is 285 g/mol. The summed E-state index contributed by atoms with van der Waals surface area (Å²) >= 11 is 0. The topological polar surface area (TPSA) is 12.0 Å². The zero-order chi connectivity index (χ0) is 15.6. The first kappa shape index (κ1) is 15.7. The summed E-state index contributed by atoms with van der Waals surface area (Å²) in [6.07, 6.45) is 0.874. The highest BCUT2D eigenvalue weighted by Crippen LogP contribution is 2.26. The van der Waals surface area contributed by atoms with Gasteiger partial charge in [-0.05, 0) is 81.1 Å². The maximum absolute atomic E-state index is 13.6. The molecule has 112 valence electrons. The normalized spacial score (nSPS) is 12.5. The monoisotopic (exact) mass is 285 g/mol. The molecule has 0 aliphatic rings. The Morgan fingerprint density at radius 3 is 2.14 bits per heavy atom. The van der Waals surface area contributed by atoms with E-state index in [4.69, 9.17) is 0 Å². The zero-order valence-electron chi connectivity index (χ0n) is 13.5. The van der Waals surface area contributed by atoms with Gasteiger partial charge in [0.1, 0.15) is 5.82 Å². The Morgan fingerprint density at radius 1 is 0.952 bits per heavy atom. The second-order valence-corrected chi connectivity index (χ2v) is 5.92. The molecule has 2 rings (SSSR count). The first-order valence-electron chi connectivity index (χ1n) is 7.42. The van der Waals surface area contributed by atoms with E-state index in [1.807, 2.05) is 20.0 Å². The van der Waals surface area contributed by atoms with Crippen LogP contribution in [0, 0.1) is 33.5 Å². The summed E-state index contributed by atoms with van der Waals surface area (Å²) in [5, 5.41) is 3.34. The number of rotatable bonds is 4. The third kappa shape index (κ3) is 3.51. The third-order valence-corrected chi connectivity index (χ3v) is 4.21. The van der Waals surface area contributed by atoms with Gasteiger partial charge >= 0.3 is 0 Å². The van der Waals surface area contributed by atoms with Crippen LogP contribution in [0.1, 0.15) is 39.4 Å². The molecular formula is C19H24FN. The molecule has 0 fully saturated rings. The van der Waals surface area contributed by atoms with Gasteiger partial charge in [-0.2, -0.15) is 0 Å². The van der Waals surface area contributed by atoms with Crippen molar-refractivity contribution in [3.8, 4) is 0 Å². The summed E-state index contributed by atoms with van der Waals surface area (Å²) in [7, 11) is 1.94. The van der Waals surface area contributed by atoms with E-state index < -0.39 is 0 Å². The number of halogens is 1. The molecule has 0 saturated carbocycles. The quantitative estimate of drug-likeness (QED) is 0.868. The predicted octanol–water partition coefficient (Wildman–Crippen LogP) is 4.56. The lowest BCUT2D eigenvalue weighted by atomic mass is 9.90. The number of nitrogens with one attached hydrogen (secondary N) is 1. The molecule has 0 saturated heterocycles. The smallest absolute Gasteiger partial charge is 0.123 e. The Morgan fingerprint density at radius 2 is 1.57 bits per heavy atom. The Balaban J connectivity index is 2.38. The van der Waals surface area contributed by atoms with Gasteiger partial charge in [0.15, 0.2) is 0 Å². The van der Waals surface area contributed by atoms with Crippen LogP contribution in [-0.4, -0.2) is 7.05 Å². The van der Waals surface area contributed by atoms with Gasteiger partial charge in [-0.3, -0.25) is 0 Å². The summed E-state index contributed by atoms with van der Waals surface area (Å²) in [6, 6.07) is 9.58. The molecule has 0 aliphatic heterocycles. The molecular weight excluding hydrogens is 261 g/mol. The van der Waals surface area contributed by atoms with Gasteiger partial charge in [-0.25, -0.2) is 4.39 Å². The molecule has 1 N–H and O–H groups in total. The highest BCUT2D eigenvalue weighted by Gasteiger charge is 2.16. The van der Waals surface area contributed by atoms with Crippen LogP contribution in [0.15, 0.2) is 30.3 Å². The van der Waals surface area contributed by atoms with Crippen molar-refractivity contribution in [1.29, 1.82) is 0 Å². The lowest BCUT2D eigenvalue weighted by Crippen LogP contribution is -2.21. The molecule has 1 atom stereocenters. The minimum Gasteiger partial charge on any atom is -0.313 e. The Kier molecular flexibility index (Phi) is 4.79. The van der Waals surface area contributed by atoms with Crippen LogP contribution in [0.25, 0.3) is 0 Å². The number of benzene rings is 2. The van der Waals surface area contributed by atoms with Crippen molar-refractivity contribution in [3.63, 3.8) is 0 Å². The van der Waals surface area contributed by atoms with Crippen molar-refractivity contribution in [2.24, 2.45) is 0 Å². The zero-order valence-corrected chi connectivity index (χ0v) is 13.5. The van der Waals surface area contributed by atoms with E-state index >= 15 is 0 Å². The molecule has 1 unspecified atom stereocenters. The second kappa shape index (κ2) is 6.40. The van der Waals surface area contributed by atoms with Gasteiger partial charge in [-0.1, -0.05) is 23.8 Å².